The van der Waals surface area contributed by atoms with Crippen LogP contribution in [0.4, 0.5) is 30.6 Å². The van der Waals surface area contributed by atoms with Crippen molar-refractivity contribution in [3.8, 4) is 0 Å². The minimum Gasteiger partial charge on any atom is -0.340 e. The molecule has 0 saturated heterocycles. The number of alkyl halides is 3. The van der Waals surface area contributed by atoms with Gasteiger partial charge in [0.15, 0.2) is 5.82 Å². The molecule has 8 heteroatoms. The molecule has 2 rings (SSSR count). The number of nitrogens with zero attached hydrogens (tertiary/aromatic N) is 4. The summed E-state index contributed by atoms with van der Waals surface area (Å²) in [6.45, 7) is 5.34. The molecule has 1 aromatic carbocycles. The van der Waals surface area contributed by atoms with Gasteiger partial charge >= 0.3 is 6.18 Å². The molecule has 1 heterocycles. The van der Waals surface area contributed by atoms with Crippen LogP contribution in [0.1, 0.15) is 19.4 Å². The molecule has 118 valence electrons. The third-order valence-electron chi connectivity index (χ3n) is 3.06. The predicted molar refractivity (Wildman–Crippen MR) is 78.1 cm³/mol. The topological polar surface area (TPSA) is 53.9 Å². The first-order valence-electron chi connectivity index (χ1n) is 6.83. The van der Waals surface area contributed by atoms with Gasteiger partial charge in [-0.05, 0) is 32.0 Å². The van der Waals surface area contributed by atoms with Crippen molar-refractivity contribution in [1.29, 1.82) is 0 Å². The Morgan fingerprint density at radius 2 is 1.91 bits per heavy atom. The van der Waals surface area contributed by atoms with Crippen LogP contribution in [0.25, 0.3) is 0 Å². The monoisotopic (exact) mass is 311 g/mol. The maximum Gasteiger partial charge on any atom is 0.416 e. The van der Waals surface area contributed by atoms with Crippen LogP contribution in [0.3, 0.4) is 0 Å². The highest BCUT2D eigenvalue weighted by Crippen LogP contribution is 2.31. The Labute approximate surface area is 126 Å². The average Bonchev–Trinajstić information content (AvgIpc) is 2.48. The maximum atomic E-state index is 12.7. The minimum atomic E-state index is -4.38. The van der Waals surface area contributed by atoms with Gasteiger partial charge in [-0.15, -0.1) is 5.10 Å². The number of halogens is 3. The van der Waals surface area contributed by atoms with Crippen LogP contribution in [-0.4, -0.2) is 28.3 Å². The zero-order valence-electron chi connectivity index (χ0n) is 12.2. The number of hydrogen-bond donors (Lipinski definition) is 1. The number of benzene rings is 1. The van der Waals surface area contributed by atoms with E-state index in [2.05, 4.69) is 20.5 Å². The fraction of sp³-hybridized carbons (Fsp3) is 0.357. The van der Waals surface area contributed by atoms with Crippen LogP contribution < -0.4 is 10.2 Å². The second-order valence-corrected chi connectivity index (χ2v) is 4.52. The Morgan fingerprint density at radius 3 is 2.55 bits per heavy atom. The molecular formula is C14H16F3N5. The molecule has 0 unspecified atom stereocenters. The van der Waals surface area contributed by atoms with E-state index in [0.29, 0.717) is 30.5 Å². The van der Waals surface area contributed by atoms with Crippen molar-refractivity contribution in [2.45, 2.75) is 20.0 Å². The van der Waals surface area contributed by atoms with Gasteiger partial charge in [-0.25, -0.2) is 0 Å². The van der Waals surface area contributed by atoms with Crippen LogP contribution in [0.2, 0.25) is 0 Å². The number of rotatable bonds is 5. The summed E-state index contributed by atoms with van der Waals surface area (Å²) < 4.78 is 38.1. The molecule has 0 radical (unpaired) electrons. The molecule has 0 aliphatic heterocycles. The molecule has 0 bridgehead atoms. The van der Waals surface area contributed by atoms with Crippen LogP contribution >= 0.6 is 0 Å². The Balaban J connectivity index is 2.22. The quantitative estimate of drug-likeness (QED) is 0.916. The van der Waals surface area contributed by atoms with Gasteiger partial charge in [0.25, 0.3) is 0 Å². The van der Waals surface area contributed by atoms with E-state index in [1.165, 1.54) is 18.3 Å². The second kappa shape index (κ2) is 6.59. The summed E-state index contributed by atoms with van der Waals surface area (Å²) in [6, 6.07) is 4.92. The summed E-state index contributed by atoms with van der Waals surface area (Å²) in [7, 11) is 0. The van der Waals surface area contributed by atoms with Crippen molar-refractivity contribution in [2.24, 2.45) is 0 Å². The summed E-state index contributed by atoms with van der Waals surface area (Å²) in [6.07, 6.45) is -3.01. The molecule has 0 amide bonds. The second-order valence-electron chi connectivity index (χ2n) is 4.52. The van der Waals surface area contributed by atoms with Crippen LogP contribution in [0, 0.1) is 0 Å². The summed E-state index contributed by atoms with van der Waals surface area (Å²) in [5.74, 6) is 0.776. The third-order valence-corrected chi connectivity index (χ3v) is 3.06. The van der Waals surface area contributed by atoms with E-state index in [1.54, 1.807) is 0 Å². The lowest BCUT2D eigenvalue weighted by molar-refractivity contribution is -0.137. The lowest BCUT2D eigenvalue weighted by Gasteiger charge is -2.18. The highest BCUT2D eigenvalue weighted by atomic mass is 19.4. The van der Waals surface area contributed by atoms with Gasteiger partial charge in [-0.2, -0.15) is 23.3 Å². The first-order valence-corrected chi connectivity index (χ1v) is 6.83. The van der Waals surface area contributed by atoms with E-state index in [4.69, 9.17) is 0 Å². The number of anilines is 3. The van der Waals surface area contributed by atoms with Crippen molar-refractivity contribution in [3.63, 3.8) is 0 Å². The fourth-order valence-corrected chi connectivity index (χ4v) is 1.92. The predicted octanol–water partition coefficient (Wildman–Crippen LogP) is 3.48. The van der Waals surface area contributed by atoms with Gasteiger partial charge in [0, 0.05) is 18.8 Å². The lowest BCUT2D eigenvalue weighted by Crippen LogP contribution is -2.24. The Kier molecular flexibility index (Phi) is 4.79. The zero-order valence-corrected chi connectivity index (χ0v) is 12.2. The van der Waals surface area contributed by atoms with Gasteiger partial charge in [0.05, 0.1) is 11.8 Å². The molecule has 5 nitrogen and oxygen atoms in total. The summed E-state index contributed by atoms with van der Waals surface area (Å²) in [5.41, 5.74) is -0.427. The van der Waals surface area contributed by atoms with E-state index in [1.807, 2.05) is 18.7 Å². The lowest BCUT2D eigenvalue weighted by atomic mass is 10.2. The standard InChI is InChI=1S/C14H16F3N5/c1-3-22(4-2)13-20-12(9-18-21-13)19-11-7-5-6-10(8-11)14(15,16)17/h5-9H,3-4H2,1-2H3,(H,19,20,21). The van der Waals surface area contributed by atoms with E-state index in [0.717, 1.165) is 12.1 Å². The molecule has 2 aromatic rings. The molecule has 0 spiro atoms. The number of hydrogen-bond acceptors (Lipinski definition) is 5. The van der Waals surface area contributed by atoms with Crippen molar-refractivity contribution >= 4 is 17.5 Å². The SMILES string of the molecule is CCN(CC)c1nncc(Nc2cccc(C(F)(F)F)c2)n1. The number of aromatic nitrogens is 3. The normalized spacial score (nSPS) is 11.3. The van der Waals surface area contributed by atoms with Crippen LogP contribution in [0.5, 0.6) is 0 Å². The van der Waals surface area contributed by atoms with Gasteiger partial charge in [-0.1, -0.05) is 6.07 Å². The van der Waals surface area contributed by atoms with Gasteiger partial charge in [0.1, 0.15) is 0 Å². The van der Waals surface area contributed by atoms with Crippen molar-refractivity contribution in [3.05, 3.63) is 36.0 Å². The molecule has 0 aliphatic rings. The largest absolute Gasteiger partial charge is 0.416 e. The third kappa shape index (κ3) is 3.84. The van der Waals surface area contributed by atoms with Crippen molar-refractivity contribution in [2.75, 3.05) is 23.3 Å². The molecule has 0 fully saturated rings. The maximum absolute atomic E-state index is 12.7. The van der Waals surface area contributed by atoms with Crippen LogP contribution in [-0.2, 0) is 6.18 Å². The Hall–Kier alpha value is -2.38. The molecule has 22 heavy (non-hydrogen) atoms. The summed E-state index contributed by atoms with van der Waals surface area (Å²) >= 11 is 0. The van der Waals surface area contributed by atoms with Crippen molar-refractivity contribution < 1.29 is 13.2 Å². The Bertz CT molecular complexity index is 626. The highest BCUT2D eigenvalue weighted by molar-refractivity contribution is 5.57. The molecule has 0 atom stereocenters. The summed E-state index contributed by atoms with van der Waals surface area (Å²) in [5, 5.41) is 10.6. The first-order chi connectivity index (χ1) is 10.4. The fourth-order valence-electron chi connectivity index (χ4n) is 1.92. The molecule has 0 aliphatic carbocycles. The van der Waals surface area contributed by atoms with E-state index in [9.17, 15) is 13.2 Å². The minimum absolute atomic E-state index is 0.292. The van der Waals surface area contributed by atoms with Gasteiger partial charge in [0.2, 0.25) is 5.95 Å². The van der Waals surface area contributed by atoms with E-state index in [-0.39, 0.29) is 0 Å². The van der Waals surface area contributed by atoms with E-state index < -0.39 is 11.7 Å². The number of nitrogens with one attached hydrogen (secondary N) is 1. The average molecular weight is 311 g/mol. The van der Waals surface area contributed by atoms with Gasteiger partial charge < -0.3 is 10.2 Å². The molecule has 1 N–H and O–H groups in total. The van der Waals surface area contributed by atoms with E-state index >= 15 is 0 Å². The molecule has 1 aromatic heterocycles. The Morgan fingerprint density at radius 1 is 1.18 bits per heavy atom. The molecular weight excluding hydrogens is 295 g/mol. The smallest absolute Gasteiger partial charge is 0.340 e. The van der Waals surface area contributed by atoms with Crippen molar-refractivity contribution in [1.82, 2.24) is 15.2 Å². The summed E-state index contributed by atoms with van der Waals surface area (Å²) in [4.78, 5) is 6.16. The van der Waals surface area contributed by atoms with Crippen LogP contribution in [0.15, 0.2) is 30.5 Å². The molecule has 0 saturated carbocycles. The first kappa shape index (κ1) is 16.0. The zero-order chi connectivity index (χ0) is 16.2. The highest BCUT2D eigenvalue weighted by Gasteiger charge is 2.30. The van der Waals surface area contributed by atoms with Gasteiger partial charge in [-0.3, -0.25) is 0 Å².